The molecule has 2 fully saturated rings. The standard InChI is InChI=1S/C15H28N2O3/c1-15(2)19-12(6-7-16)10-13(20-15)11-14(18)17-8-4-3-5-9-17/h12-13H,3-11,16H2,1-2H3. The number of hydrogen-bond donors (Lipinski definition) is 1. The van der Waals surface area contributed by atoms with Crippen molar-refractivity contribution in [2.75, 3.05) is 19.6 Å². The minimum Gasteiger partial charge on any atom is -0.347 e. The van der Waals surface area contributed by atoms with E-state index in [1.165, 1.54) is 6.42 Å². The molecule has 0 bridgehead atoms. The fourth-order valence-electron chi connectivity index (χ4n) is 3.17. The van der Waals surface area contributed by atoms with Gasteiger partial charge in [0, 0.05) is 19.5 Å². The molecule has 0 aromatic rings. The molecule has 20 heavy (non-hydrogen) atoms. The van der Waals surface area contributed by atoms with Gasteiger partial charge in [0.05, 0.1) is 18.6 Å². The highest BCUT2D eigenvalue weighted by Crippen LogP contribution is 2.30. The van der Waals surface area contributed by atoms with Crippen LogP contribution in [0.5, 0.6) is 0 Å². The summed E-state index contributed by atoms with van der Waals surface area (Å²) in [5.41, 5.74) is 5.62. The van der Waals surface area contributed by atoms with Crippen molar-refractivity contribution in [3.05, 3.63) is 0 Å². The molecule has 116 valence electrons. The molecular weight excluding hydrogens is 256 g/mol. The monoisotopic (exact) mass is 284 g/mol. The van der Waals surface area contributed by atoms with Gasteiger partial charge in [0.1, 0.15) is 0 Å². The minimum atomic E-state index is -0.620. The Morgan fingerprint density at radius 1 is 1.20 bits per heavy atom. The summed E-state index contributed by atoms with van der Waals surface area (Å²) in [6.07, 6.45) is 5.59. The maximum atomic E-state index is 12.3. The Bertz CT molecular complexity index is 327. The molecule has 2 N–H and O–H groups in total. The molecule has 2 aliphatic heterocycles. The molecule has 0 spiro atoms. The van der Waals surface area contributed by atoms with Crippen LogP contribution in [0.2, 0.25) is 0 Å². The Morgan fingerprint density at radius 2 is 1.85 bits per heavy atom. The van der Waals surface area contributed by atoms with Gasteiger partial charge in [-0.3, -0.25) is 4.79 Å². The van der Waals surface area contributed by atoms with Gasteiger partial charge in [0.2, 0.25) is 5.91 Å². The number of rotatable bonds is 4. The molecule has 0 aliphatic carbocycles. The van der Waals surface area contributed by atoms with Crippen LogP contribution in [0.4, 0.5) is 0 Å². The molecular formula is C15H28N2O3. The lowest BCUT2D eigenvalue weighted by atomic mass is 10.0. The Morgan fingerprint density at radius 3 is 2.50 bits per heavy atom. The number of nitrogens with zero attached hydrogens (tertiary/aromatic N) is 1. The molecule has 0 radical (unpaired) electrons. The predicted molar refractivity (Wildman–Crippen MR) is 77.2 cm³/mol. The van der Waals surface area contributed by atoms with E-state index in [-0.39, 0.29) is 18.1 Å². The van der Waals surface area contributed by atoms with Gasteiger partial charge < -0.3 is 20.1 Å². The van der Waals surface area contributed by atoms with Crippen LogP contribution in [-0.2, 0) is 14.3 Å². The first-order chi connectivity index (χ1) is 9.50. The smallest absolute Gasteiger partial charge is 0.225 e. The number of ether oxygens (including phenoxy) is 2. The lowest BCUT2D eigenvalue weighted by Crippen LogP contribution is -2.47. The zero-order chi connectivity index (χ0) is 14.6. The number of piperidine rings is 1. The second-order valence-electron chi connectivity index (χ2n) is 6.34. The first-order valence-corrected chi connectivity index (χ1v) is 7.83. The van der Waals surface area contributed by atoms with Gasteiger partial charge in [-0.25, -0.2) is 0 Å². The summed E-state index contributed by atoms with van der Waals surface area (Å²) in [5, 5.41) is 0. The third-order valence-electron chi connectivity index (χ3n) is 4.03. The number of hydrogen-bond acceptors (Lipinski definition) is 4. The summed E-state index contributed by atoms with van der Waals surface area (Å²) in [4.78, 5) is 14.3. The zero-order valence-corrected chi connectivity index (χ0v) is 12.8. The Kier molecular flexibility index (Phi) is 5.41. The topological polar surface area (TPSA) is 64.8 Å². The van der Waals surface area contributed by atoms with Crippen molar-refractivity contribution in [1.29, 1.82) is 0 Å². The summed E-state index contributed by atoms with van der Waals surface area (Å²) < 4.78 is 11.7. The van der Waals surface area contributed by atoms with Crippen molar-refractivity contribution >= 4 is 5.91 Å². The third kappa shape index (κ3) is 4.43. The first kappa shape index (κ1) is 15.7. The van der Waals surface area contributed by atoms with Gasteiger partial charge in [0.15, 0.2) is 5.79 Å². The van der Waals surface area contributed by atoms with E-state index in [0.29, 0.717) is 13.0 Å². The van der Waals surface area contributed by atoms with Gasteiger partial charge in [0.25, 0.3) is 0 Å². The lowest BCUT2D eigenvalue weighted by molar-refractivity contribution is -0.299. The average molecular weight is 284 g/mol. The average Bonchev–Trinajstić information content (AvgIpc) is 2.38. The van der Waals surface area contributed by atoms with E-state index in [1.54, 1.807) is 0 Å². The summed E-state index contributed by atoms with van der Waals surface area (Å²) in [6, 6.07) is 0. The van der Waals surface area contributed by atoms with Crippen LogP contribution in [0.25, 0.3) is 0 Å². The molecule has 0 aromatic heterocycles. The minimum absolute atomic E-state index is 0.0512. The molecule has 2 heterocycles. The third-order valence-corrected chi connectivity index (χ3v) is 4.03. The predicted octanol–water partition coefficient (Wildman–Crippen LogP) is 1.65. The van der Waals surface area contributed by atoms with Crippen molar-refractivity contribution in [3.8, 4) is 0 Å². The van der Waals surface area contributed by atoms with Gasteiger partial charge in [-0.15, -0.1) is 0 Å². The van der Waals surface area contributed by atoms with E-state index in [4.69, 9.17) is 15.2 Å². The molecule has 2 unspecified atom stereocenters. The molecule has 2 aliphatic rings. The lowest BCUT2D eigenvalue weighted by Gasteiger charge is -2.41. The Hall–Kier alpha value is -0.650. The number of nitrogens with two attached hydrogens (primary N) is 1. The van der Waals surface area contributed by atoms with Crippen LogP contribution in [0, 0.1) is 0 Å². The van der Waals surface area contributed by atoms with E-state index in [0.717, 1.165) is 38.8 Å². The molecule has 2 rings (SSSR count). The van der Waals surface area contributed by atoms with Crippen LogP contribution < -0.4 is 5.73 Å². The summed E-state index contributed by atoms with van der Waals surface area (Å²) in [7, 11) is 0. The highest BCUT2D eigenvalue weighted by Gasteiger charge is 2.36. The molecule has 2 saturated heterocycles. The SMILES string of the molecule is CC1(C)OC(CCN)CC(CC(=O)N2CCCCC2)O1. The van der Waals surface area contributed by atoms with E-state index in [2.05, 4.69) is 0 Å². The van der Waals surface area contributed by atoms with Gasteiger partial charge >= 0.3 is 0 Å². The highest BCUT2D eigenvalue weighted by molar-refractivity contribution is 5.76. The van der Waals surface area contributed by atoms with Crippen LogP contribution in [0.1, 0.15) is 52.4 Å². The fraction of sp³-hybridized carbons (Fsp3) is 0.933. The van der Waals surface area contributed by atoms with Crippen molar-refractivity contribution < 1.29 is 14.3 Å². The quantitative estimate of drug-likeness (QED) is 0.852. The van der Waals surface area contributed by atoms with Crippen molar-refractivity contribution in [3.63, 3.8) is 0 Å². The maximum absolute atomic E-state index is 12.3. The number of amides is 1. The fourth-order valence-corrected chi connectivity index (χ4v) is 3.17. The van der Waals surface area contributed by atoms with Crippen LogP contribution in [-0.4, -0.2) is 48.4 Å². The molecule has 5 nitrogen and oxygen atoms in total. The zero-order valence-electron chi connectivity index (χ0n) is 12.8. The molecule has 5 heteroatoms. The second-order valence-corrected chi connectivity index (χ2v) is 6.34. The largest absolute Gasteiger partial charge is 0.347 e. The highest BCUT2D eigenvalue weighted by atomic mass is 16.7. The summed E-state index contributed by atoms with van der Waals surface area (Å²) >= 11 is 0. The molecule has 0 saturated carbocycles. The molecule has 0 aromatic carbocycles. The maximum Gasteiger partial charge on any atom is 0.225 e. The van der Waals surface area contributed by atoms with E-state index in [9.17, 15) is 4.79 Å². The summed E-state index contributed by atoms with van der Waals surface area (Å²) in [6.45, 7) is 6.23. The van der Waals surface area contributed by atoms with Crippen molar-refractivity contribution in [2.45, 2.75) is 70.4 Å². The summed E-state index contributed by atoms with van der Waals surface area (Å²) in [5.74, 6) is -0.399. The van der Waals surface area contributed by atoms with E-state index in [1.807, 2.05) is 18.7 Å². The molecule has 1 amide bonds. The number of carbonyl (C=O) groups is 1. The van der Waals surface area contributed by atoms with Crippen molar-refractivity contribution in [1.82, 2.24) is 4.90 Å². The van der Waals surface area contributed by atoms with Crippen LogP contribution >= 0.6 is 0 Å². The first-order valence-electron chi connectivity index (χ1n) is 7.83. The van der Waals surface area contributed by atoms with Crippen molar-refractivity contribution in [2.24, 2.45) is 5.73 Å². The van der Waals surface area contributed by atoms with Gasteiger partial charge in [-0.05, 0) is 46.1 Å². The van der Waals surface area contributed by atoms with E-state index >= 15 is 0 Å². The molecule has 2 atom stereocenters. The van der Waals surface area contributed by atoms with Gasteiger partial charge in [-0.1, -0.05) is 0 Å². The number of carbonyl (C=O) groups excluding carboxylic acids is 1. The van der Waals surface area contributed by atoms with Crippen LogP contribution in [0.15, 0.2) is 0 Å². The van der Waals surface area contributed by atoms with E-state index < -0.39 is 5.79 Å². The second kappa shape index (κ2) is 6.87. The Balaban J connectivity index is 1.88. The van der Waals surface area contributed by atoms with Gasteiger partial charge in [-0.2, -0.15) is 0 Å². The Labute approximate surface area is 121 Å². The number of likely N-dealkylation sites (tertiary alicyclic amines) is 1. The normalized spacial score (nSPS) is 30.2. The van der Waals surface area contributed by atoms with Crippen LogP contribution in [0.3, 0.4) is 0 Å².